The molecule has 1 aliphatic carbocycles. The van der Waals surface area contributed by atoms with E-state index in [1.54, 1.807) is 0 Å². The SMILES string of the molecule is C/C=C\[C@@H]1C[C@]2(OCC)[C@H]1CO[C@@]2(C)Cc1ccccc1. The fourth-order valence-corrected chi connectivity index (χ4v) is 4.30. The van der Waals surface area contributed by atoms with Gasteiger partial charge in [-0.2, -0.15) is 0 Å². The average Bonchev–Trinajstić information content (AvgIpc) is 2.66. The van der Waals surface area contributed by atoms with Crippen molar-refractivity contribution in [1.29, 1.82) is 0 Å². The number of hydrogen-bond donors (Lipinski definition) is 0. The molecule has 2 nitrogen and oxygen atoms in total. The van der Waals surface area contributed by atoms with Gasteiger partial charge in [0.15, 0.2) is 0 Å². The summed E-state index contributed by atoms with van der Waals surface area (Å²) in [5, 5.41) is 0. The molecule has 2 heteroatoms. The fourth-order valence-electron chi connectivity index (χ4n) is 4.30. The normalized spacial score (nSPS) is 38.4. The van der Waals surface area contributed by atoms with E-state index in [9.17, 15) is 0 Å². The zero-order valence-corrected chi connectivity index (χ0v) is 13.3. The van der Waals surface area contributed by atoms with E-state index in [-0.39, 0.29) is 11.2 Å². The maximum Gasteiger partial charge on any atom is 0.103 e. The lowest BCUT2D eigenvalue weighted by Gasteiger charge is -2.55. The van der Waals surface area contributed by atoms with Crippen LogP contribution in [0.25, 0.3) is 0 Å². The van der Waals surface area contributed by atoms with E-state index in [1.807, 2.05) is 0 Å². The molecule has 21 heavy (non-hydrogen) atoms. The molecule has 3 rings (SSSR count). The molecule has 0 radical (unpaired) electrons. The Kier molecular flexibility index (Phi) is 3.94. The molecule has 1 saturated heterocycles. The van der Waals surface area contributed by atoms with Crippen LogP contribution < -0.4 is 0 Å². The van der Waals surface area contributed by atoms with E-state index in [4.69, 9.17) is 9.47 Å². The van der Waals surface area contributed by atoms with Crippen LogP contribution in [0.15, 0.2) is 42.5 Å². The molecule has 1 aromatic carbocycles. The third kappa shape index (κ3) is 2.25. The Morgan fingerprint density at radius 1 is 1.33 bits per heavy atom. The van der Waals surface area contributed by atoms with Crippen LogP contribution in [0.5, 0.6) is 0 Å². The molecule has 0 N–H and O–H groups in total. The van der Waals surface area contributed by atoms with Crippen LogP contribution in [0.4, 0.5) is 0 Å². The quantitative estimate of drug-likeness (QED) is 0.762. The van der Waals surface area contributed by atoms with Crippen molar-refractivity contribution in [3.05, 3.63) is 48.0 Å². The minimum absolute atomic E-state index is 0.109. The molecular formula is C19H26O2. The molecule has 1 saturated carbocycles. The summed E-state index contributed by atoms with van der Waals surface area (Å²) in [5.41, 5.74) is 1.00. The predicted molar refractivity (Wildman–Crippen MR) is 85.3 cm³/mol. The molecule has 0 bridgehead atoms. The summed E-state index contributed by atoms with van der Waals surface area (Å²) >= 11 is 0. The summed E-state index contributed by atoms with van der Waals surface area (Å²) in [6, 6.07) is 10.6. The average molecular weight is 286 g/mol. The lowest BCUT2D eigenvalue weighted by molar-refractivity contribution is -0.203. The second kappa shape index (κ2) is 5.58. The fraction of sp³-hybridized carbons (Fsp3) is 0.579. The first-order valence-corrected chi connectivity index (χ1v) is 8.10. The van der Waals surface area contributed by atoms with Crippen LogP contribution in [0.2, 0.25) is 0 Å². The second-order valence-corrected chi connectivity index (χ2v) is 6.53. The molecule has 0 aromatic heterocycles. The van der Waals surface area contributed by atoms with Crippen molar-refractivity contribution in [3.63, 3.8) is 0 Å². The van der Waals surface area contributed by atoms with Gasteiger partial charge in [0.05, 0.1) is 12.2 Å². The van der Waals surface area contributed by atoms with E-state index in [1.165, 1.54) is 5.56 Å². The minimum atomic E-state index is -0.215. The van der Waals surface area contributed by atoms with Crippen molar-refractivity contribution in [2.75, 3.05) is 13.2 Å². The van der Waals surface area contributed by atoms with Crippen LogP contribution in [0.3, 0.4) is 0 Å². The molecule has 0 unspecified atom stereocenters. The van der Waals surface area contributed by atoms with E-state index in [0.29, 0.717) is 11.8 Å². The third-order valence-electron chi connectivity index (χ3n) is 5.36. The van der Waals surface area contributed by atoms with Crippen molar-refractivity contribution in [1.82, 2.24) is 0 Å². The Morgan fingerprint density at radius 2 is 2.10 bits per heavy atom. The van der Waals surface area contributed by atoms with Crippen molar-refractivity contribution < 1.29 is 9.47 Å². The van der Waals surface area contributed by atoms with Gasteiger partial charge in [0.2, 0.25) is 0 Å². The Labute approximate surface area is 128 Å². The highest BCUT2D eigenvalue weighted by molar-refractivity contribution is 5.26. The van der Waals surface area contributed by atoms with Crippen LogP contribution in [-0.4, -0.2) is 24.4 Å². The summed E-state index contributed by atoms with van der Waals surface area (Å²) in [7, 11) is 0. The number of ether oxygens (including phenoxy) is 2. The van der Waals surface area contributed by atoms with Gasteiger partial charge in [-0.3, -0.25) is 0 Å². The van der Waals surface area contributed by atoms with Crippen LogP contribution in [0.1, 0.15) is 32.8 Å². The number of hydrogen-bond acceptors (Lipinski definition) is 2. The summed E-state index contributed by atoms with van der Waals surface area (Å²) < 4.78 is 12.6. The highest BCUT2D eigenvalue weighted by Crippen LogP contribution is 2.59. The van der Waals surface area contributed by atoms with Gasteiger partial charge in [0.25, 0.3) is 0 Å². The van der Waals surface area contributed by atoms with Crippen molar-refractivity contribution >= 4 is 0 Å². The first kappa shape index (κ1) is 14.8. The Morgan fingerprint density at radius 3 is 2.76 bits per heavy atom. The lowest BCUT2D eigenvalue weighted by Crippen LogP contribution is -2.64. The highest BCUT2D eigenvalue weighted by Gasteiger charge is 2.68. The smallest absolute Gasteiger partial charge is 0.103 e. The molecule has 1 heterocycles. The summed E-state index contributed by atoms with van der Waals surface area (Å²) in [5.74, 6) is 1.11. The molecule has 114 valence electrons. The lowest BCUT2D eigenvalue weighted by atomic mass is 9.56. The first-order valence-electron chi connectivity index (χ1n) is 8.10. The van der Waals surface area contributed by atoms with Crippen molar-refractivity contribution in [3.8, 4) is 0 Å². The summed E-state index contributed by atoms with van der Waals surface area (Å²) in [6.45, 7) is 8.00. The van der Waals surface area contributed by atoms with Crippen LogP contribution in [-0.2, 0) is 15.9 Å². The van der Waals surface area contributed by atoms with Gasteiger partial charge in [-0.1, -0.05) is 42.5 Å². The van der Waals surface area contributed by atoms with Gasteiger partial charge in [0, 0.05) is 18.9 Å². The van der Waals surface area contributed by atoms with E-state index in [0.717, 1.165) is 26.1 Å². The van der Waals surface area contributed by atoms with E-state index in [2.05, 4.69) is 63.3 Å². The Bertz CT molecular complexity index is 510. The second-order valence-electron chi connectivity index (χ2n) is 6.53. The molecule has 0 amide bonds. The molecule has 0 spiro atoms. The van der Waals surface area contributed by atoms with Gasteiger partial charge in [0.1, 0.15) is 5.60 Å². The van der Waals surface area contributed by atoms with Crippen LogP contribution in [0, 0.1) is 11.8 Å². The van der Waals surface area contributed by atoms with E-state index >= 15 is 0 Å². The highest BCUT2D eigenvalue weighted by atomic mass is 16.6. The number of benzene rings is 1. The largest absolute Gasteiger partial charge is 0.372 e. The molecule has 1 aliphatic heterocycles. The molecular weight excluding hydrogens is 260 g/mol. The predicted octanol–water partition coefficient (Wildman–Crippen LogP) is 4.01. The molecule has 2 aliphatic rings. The molecule has 4 atom stereocenters. The number of allylic oxidation sites excluding steroid dienone is 2. The Hall–Kier alpha value is -1.12. The monoisotopic (exact) mass is 286 g/mol. The summed E-state index contributed by atoms with van der Waals surface area (Å²) in [4.78, 5) is 0. The topological polar surface area (TPSA) is 18.5 Å². The third-order valence-corrected chi connectivity index (χ3v) is 5.36. The van der Waals surface area contributed by atoms with Crippen molar-refractivity contribution in [2.24, 2.45) is 11.8 Å². The zero-order chi connectivity index (χ0) is 14.9. The van der Waals surface area contributed by atoms with Gasteiger partial charge in [-0.25, -0.2) is 0 Å². The molecule has 1 aromatic rings. The van der Waals surface area contributed by atoms with Crippen LogP contribution >= 0.6 is 0 Å². The minimum Gasteiger partial charge on any atom is -0.372 e. The number of rotatable bonds is 5. The standard InChI is InChI=1S/C19H26O2/c1-4-9-16-13-19(20-5-2)17(16)14-21-18(19,3)12-15-10-7-6-8-11-15/h4,6-11,16-17H,5,12-14H2,1-3H3/b9-4-/t16-,17+,18+,19+/m1/s1. The number of fused-ring (bicyclic) bond motifs is 1. The van der Waals surface area contributed by atoms with Gasteiger partial charge >= 0.3 is 0 Å². The van der Waals surface area contributed by atoms with Gasteiger partial charge in [-0.05, 0) is 38.7 Å². The van der Waals surface area contributed by atoms with Gasteiger partial charge in [-0.15, -0.1) is 0 Å². The first-order chi connectivity index (χ1) is 10.1. The summed E-state index contributed by atoms with van der Waals surface area (Å²) in [6.07, 6.45) is 6.49. The maximum atomic E-state index is 6.31. The zero-order valence-electron chi connectivity index (χ0n) is 13.3. The molecule has 2 fully saturated rings. The van der Waals surface area contributed by atoms with Crippen molar-refractivity contribution in [2.45, 2.75) is 44.8 Å². The maximum absolute atomic E-state index is 6.31. The van der Waals surface area contributed by atoms with Gasteiger partial charge < -0.3 is 9.47 Å². The van der Waals surface area contributed by atoms with E-state index < -0.39 is 0 Å². The Balaban J connectivity index is 1.85.